The van der Waals surface area contributed by atoms with Crippen LogP contribution in [0, 0.1) is 6.92 Å². The number of nitrogens with one attached hydrogen (secondary N) is 2. The van der Waals surface area contributed by atoms with Gasteiger partial charge in [0.1, 0.15) is 0 Å². The van der Waals surface area contributed by atoms with Crippen LogP contribution in [0.3, 0.4) is 0 Å². The van der Waals surface area contributed by atoms with Gasteiger partial charge in [-0.3, -0.25) is 0 Å². The number of carbonyl (C=O) groups excluding carboxylic acids is 1. The van der Waals surface area contributed by atoms with E-state index in [1.165, 1.54) is 63.4 Å². The Bertz CT molecular complexity index is 428. The zero-order valence-corrected chi connectivity index (χ0v) is 15.7. The summed E-state index contributed by atoms with van der Waals surface area (Å²) in [6.07, 6.45) is 13.2. The van der Waals surface area contributed by atoms with E-state index < -0.39 is 0 Å². The molecule has 2 N–H and O–H groups in total. The van der Waals surface area contributed by atoms with Crippen LogP contribution < -0.4 is 10.6 Å². The fraction of sp³-hybridized carbons (Fsp3) is 0.667. The maximum absolute atomic E-state index is 11.7. The standard InChI is InChI=1S/C21H36N2O/c1-3-4-5-6-7-8-9-10-11-12-17-22-21(24)23-18-20-15-13-19(2)14-16-20/h13-16H,3-12,17-18H2,1-2H3,(H2,22,23,24). The smallest absolute Gasteiger partial charge is 0.315 e. The fourth-order valence-electron chi connectivity index (χ4n) is 2.77. The van der Waals surface area contributed by atoms with Crippen LogP contribution in [0.2, 0.25) is 0 Å². The Morgan fingerprint density at radius 1 is 0.792 bits per heavy atom. The summed E-state index contributed by atoms with van der Waals surface area (Å²) in [6.45, 7) is 5.69. The Morgan fingerprint density at radius 3 is 1.92 bits per heavy atom. The van der Waals surface area contributed by atoms with Gasteiger partial charge in [0.05, 0.1) is 0 Å². The van der Waals surface area contributed by atoms with Crippen LogP contribution in [-0.4, -0.2) is 12.6 Å². The molecule has 0 bridgehead atoms. The molecule has 3 nitrogen and oxygen atoms in total. The summed E-state index contributed by atoms with van der Waals surface area (Å²) in [5.74, 6) is 0. The molecule has 1 aromatic carbocycles. The Labute approximate surface area is 148 Å². The van der Waals surface area contributed by atoms with E-state index >= 15 is 0 Å². The summed E-state index contributed by atoms with van der Waals surface area (Å²) in [6, 6.07) is 8.18. The number of hydrogen-bond donors (Lipinski definition) is 2. The Morgan fingerprint density at radius 2 is 1.33 bits per heavy atom. The third-order valence-corrected chi connectivity index (χ3v) is 4.39. The summed E-state index contributed by atoms with van der Waals surface area (Å²) in [5, 5.41) is 5.84. The lowest BCUT2D eigenvalue weighted by Gasteiger charge is -2.08. The molecule has 0 aliphatic heterocycles. The Balaban J connectivity index is 1.88. The van der Waals surface area contributed by atoms with Crippen molar-refractivity contribution in [1.29, 1.82) is 0 Å². The first kappa shape index (κ1) is 20.5. The molecule has 2 amide bonds. The van der Waals surface area contributed by atoms with E-state index in [0.29, 0.717) is 6.54 Å². The first-order valence-corrected chi connectivity index (χ1v) is 9.79. The second-order valence-electron chi connectivity index (χ2n) is 6.78. The van der Waals surface area contributed by atoms with E-state index in [2.05, 4.69) is 48.7 Å². The fourth-order valence-corrected chi connectivity index (χ4v) is 2.77. The highest BCUT2D eigenvalue weighted by molar-refractivity contribution is 5.73. The van der Waals surface area contributed by atoms with E-state index in [1.54, 1.807) is 0 Å². The lowest BCUT2D eigenvalue weighted by atomic mass is 10.1. The quantitative estimate of drug-likeness (QED) is 0.446. The number of amides is 2. The highest BCUT2D eigenvalue weighted by atomic mass is 16.2. The zero-order chi connectivity index (χ0) is 17.5. The van der Waals surface area contributed by atoms with Crippen molar-refractivity contribution in [1.82, 2.24) is 10.6 Å². The molecule has 0 radical (unpaired) electrons. The summed E-state index contributed by atoms with van der Waals surface area (Å²) in [7, 11) is 0. The molecule has 0 fully saturated rings. The first-order chi connectivity index (χ1) is 11.7. The lowest BCUT2D eigenvalue weighted by Crippen LogP contribution is -2.35. The van der Waals surface area contributed by atoms with Gasteiger partial charge < -0.3 is 10.6 Å². The van der Waals surface area contributed by atoms with Crippen molar-refractivity contribution in [3.05, 3.63) is 35.4 Å². The highest BCUT2D eigenvalue weighted by Crippen LogP contribution is 2.10. The minimum atomic E-state index is -0.0634. The summed E-state index contributed by atoms with van der Waals surface area (Å²) < 4.78 is 0. The number of carbonyl (C=O) groups is 1. The van der Waals surface area contributed by atoms with Gasteiger partial charge in [-0.1, -0.05) is 94.5 Å². The minimum absolute atomic E-state index is 0.0634. The SMILES string of the molecule is CCCCCCCCCCCCNC(=O)NCc1ccc(C)cc1. The molecule has 0 unspecified atom stereocenters. The minimum Gasteiger partial charge on any atom is -0.338 e. The molecular formula is C21H36N2O. The van der Waals surface area contributed by atoms with Gasteiger partial charge in [-0.15, -0.1) is 0 Å². The van der Waals surface area contributed by atoms with Gasteiger partial charge in [-0.2, -0.15) is 0 Å². The molecule has 0 aliphatic rings. The van der Waals surface area contributed by atoms with Crippen molar-refractivity contribution in [2.24, 2.45) is 0 Å². The van der Waals surface area contributed by atoms with Crippen molar-refractivity contribution in [2.45, 2.75) is 84.6 Å². The predicted octanol–water partition coefficient (Wildman–Crippen LogP) is 5.72. The van der Waals surface area contributed by atoms with E-state index in [-0.39, 0.29) is 6.03 Å². The summed E-state index contributed by atoms with van der Waals surface area (Å²) in [4.78, 5) is 11.7. The molecule has 1 rings (SSSR count). The van der Waals surface area contributed by atoms with Gasteiger partial charge in [0.15, 0.2) is 0 Å². The average molecular weight is 333 g/mol. The van der Waals surface area contributed by atoms with Gasteiger partial charge in [-0.25, -0.2) is 4.79 Å². The number of unbranched alkanes of at least 4 members (excludes halogenated alkanes) is 9. The molecule has 1 aromatic rings. The normalized spacial score (nSPS) is 10.6. The molecule has 0 aliphatic carbocycles. The van der Waals surface area contributed by atoms with Gasteiger partial charge in [0, 0.05) is 13.1 Å². The van der Waals surface area contributed by atoms with Gasteiger partial charge in [-0.05, 0) is 18.9 Å². The van der Waals surface area contributed by atoms with Crippen LogP contribution in [0.5, 0.6) is 0 Å². The third kappa shape index (κ3) is 11.1. The largest absolute Gasteiger partial charge is 0.338 e. The number of hydrogen-bond acceptors (Lipinski definition) is 1. The maximum Gasteiger partial charge on any atom is 0.315 e. The Hall–Kier alpha value is -1.51. The van der Waals surface area contributed by atoms with E-state index in [4.69, 9.17) is 0 Å². The van der Waals surface area contributed by atoms with Gasteiger partial charge in [0.25, 0.3) is 0 Å². The van der Waals surface area contributed by atoms with Gasteiger partial charge in [0.2, 0.25) is 0 Å². The molecule has 3 heteroatoms. The van der Waals surface area contributed by atoms with Gasteiger partial charge >= 0.3 is 6.03 Å². The predicted molar refractivity (Wildman–Crippen MR) is 103 cm³/mol. The molecule has 0 saturated heterocycles. The Kier molecular flexibility index (Phi) is 11.9. The second kappa shape index (κ2) is 13.9. The summed E-state index contributed by atoms with van der Waals surface area (Å²) in [5.41, 5.74) is 2.37. The number of benzene rings is 1. The molecule has 0 spiro atoms. The lowest BCUT2D eigenvalue weighted by molar-refractivity contribution is 0.240. The van der Waals surface area contributed by atoms with E-state index in [1.807, 2.05) is 0 Å². The molecule has 0 saturated carbocycles. The third-order valence-electron chi connectivity index (χ3n) is 4.39. The molecular weight excluding hydrogens is 296 g/mol. The van der Waals surface area contributed by atoms with Crippen LogP contribution in [0.1, 0.15) is 82.3 Å². The number of rotatable bonds is 13. The second-order valence-corrected chi connectivity index (χ2v) is 6.78. The number of aryl methyl sites for hydroxylation is 1. The maximum atomic E-state index is 11.7. The molecule has 0 heterocycles. The monoisotopic (exact) mass is 332 g/mol. The molecule has 0 aromatic heterocycles. The van der Waals surface area contributed by atoms with Crippen LogP contribution >= 0.6 is 0 Å². The van der Waals surface area contributed by atoms with Crippen molar-refractivity contribution >= 4 is 6.03 Å². The zero-order valence-electron chi connectivity index (χ0n) is 15.7. The molecule has 0 atom stereocenters. The van der Waals surface area contributed by atoms with Crippen LogP contribution in [0.4, 0.5) is 4.79 Å². The van der Waals surface area contributed by atoms with Crippen molar-refractivity contribution in [3.63, 3.8) is 0 Å². The van der Waals surface area contributed by atoms with E-state index in [0.717, 1.165) is 18.5 Å². The van der Waals surface area contributed by atoms with Crippen molar-refractivity contribution in [3.8, 4) is 0 Å². The topological polar surface area (TPSA) is 41.1 Å². The van der Waals surface area contributed by atoms with Crippen molar-refractivity contribution < 1.29 is 4.79 Å². The van der Waals surface area contributed by atoms with Crippen LogP contribution in [0.15, 0.2) is 24.3 Å². The van der Waals surface area contributed by atoms with Crippen LogP contribution in [0.25, 0.3) is 0 Å². The van der Waals surface area contributed by atoms with Crippen molar-refractivity contribution in [2.75, 3.05) is 6.54 Å². The van der Waals surface area contributed by atoms with E-state index in [9.17, 15) is 4.79 Å². The highest BCUT2D eigenvalue weighted by Gasteiger charge is 2.00. The summed E-state index contributed by atoms with van der Waals surface area (Å²) >= 11 is 0. The molecule has 136 valence electrons. The first-order valence-electron chi connectivity index (χ1n) is 9.79. The average Bonchev–Trinajstić information content (AvgIpc) is 2.59. The number of urea groups is 1. The van der Waals surface area contributed by atoms with Crippen LogP contribution in [-0.2, 0) is 6.54 Å². The molecule has 24 heavy (non-hydrogen) atoms.